The average Bonchev–Trinajstić information content (AvgIpc) is 2.99. The maximum Gasteiger partial charge on any atom is 0.191 e. The number of guanidine groups is 1. The Bertz CT molecular complexity index is 467. The average molecular weight is 452 g/mol. The summed E-state index contributed by atoms with van der Waals surface area (Å²) in [6, 6.07) is 2.26. The van der Waals surface area contributed by atoms with Crippen LogP contribution in [0.15, 0.2) is 16.4 Å². The van der Waals surface area contributed by atoms with Crippen LogP contribution in [0.5, 0.6) is 0 Å². The van der Waals surface area contributed by atoms with Gasteiger partial charge in [-0.3, -0.25) is 9.89 Å². The number of nitrogens with zero attached hydrogens (tertiary/aromatic N) is 2. The van der Waals surface area contributed by atoms with E-state index >= 15 is 0 Å². The monoisotopic (exact) mass is 452 g/mol. The van der Waals surface area contributed by atoms with Crippen molar-refractivity contribution >= 4 is 41.3 Å². The van der Waals surface area contributed by atoms with E-state index in [0.717, 1.165) is 58.3 Å². The van der Waals surface area contributed by atoms with E-state index in [1.807, 2.05) is 11.3 Å². The van der Waals surface area contributed by atoms with Gasteiger partial charge in [0.05, 0.1) is 0 Å². The van der Waals surface area contributed by atoms with Crippen LogP contribution in [0.25, 0.3) is 0 Å². The fourth-order valence-electron chi connectivity index (χ4n) is 2.57. The number of hydrogen-bond acceptors (Lipinski definition) is 4. The SMILES string of the molecule is CCNC(=NCCCOC)NCCN1CCc2sccc2C1.I. The van der Waals surface area contributed by atoms with E-state index in [2.05, 4.69) is 38.9 Å². The van der Waals surface area contributed by atoms with Gasteiger partial charge in [-0.15, -0.1) is 35.3 Å². The van der Waals surface area contributed by atoms with Gasteiger partial charge in [0.1, 0.15) is 0 Å². The molecule has 2 N–H and O–H groups in total. The van der Waals surface area contributed by atoms with Gasteiger partial charge in [-0.25, -0.2) is 0 Å². The molecule has 132 valence electrons. The van der Waals surface area contributed by atoms with Crippen LogP contribution in [-0.2, 0) is 17.7 Å². The minimum atomic E-state index is 0. The number of halogens is 1. The van der Waals surface area contributed by atoms with E-state index < -0.39 is 0 Å². The van der Waals surface area contributed by atoms with Gasteiger partial charge < -0.3 is 15.4 Å². The number of aliphatic imine (C=N–C) groups is 1. The first-order valence-corrected chi connectivity index (χ1v) is 9.00. The number of thiophene rings is 1. The molecule has 0 saturated carbocycles. The predicted octanol–water partition coefficient (Wildman–Crippen LogP) is 2.32. The first kappa shape index (κ1) is 20.7. The molecule has 0 aromatic carbocycles. The van der Waals surface area contributed by atoms with Gasteiger partial charge >= 0.3 is 0 Å². The second kappa shape index (κ2) is 12.0. The molecule has 0 fully saturated rings. The van der Waals surface area contributed by atoms with Crippen LogP contribution in [0.4, 0.5) is 0 Å². The van der Waals surface area contributed by atoms with Crippen molar-refractivity contribution in [3.05, 3.63) is 21.9 Å². The minimum Gasteiger partial charge on any atom is -0.385 e. The summed E-state index contributed by atoms with van der Waals surface area (Å²) in [7, 11) is 1.73. The fourth-order valence-corrected chi connectivity index (χ4v) is 3.46. The molecule has 1 aliphatic heterocycles. The maximum absolute atomic E-state index is 5.05. The highest BCUT2D eigenvalue weighted by Crippen LogP contribution is 2.23. The third-order valence-corrected chi connectivity index (χ3v) is 4.75. The molecule has 1 aromatic heterocycles. The van der Waals surface area contributed by atoms with Gasteiger partial charge in [-0.05, 0) is 36.8 Å². The molecule has 0 aliphatic carbocycles. The Kier molecular flexibility index (Phi) is 10.8. The number of nitrogens with one attached hydrogen (secondary N) is 2. The van der Waals surface area contributed by atoms with Crippen LogP contribution in [0, 0.1) is 0 Å². The second-order valence-corrected chi connectivity index (χ2v) is 6.43. The number of methoxy groups -OCH3 is 1. The standard InChI is InChI=1S/C16H28N4OS.HI/c1-3-17-16(18-7-4-11-21-2)19-8-10-20-9-5-15-14(13-20)6-12-22-15;/h6,12H,3-5,7-11,13H2,1-2H3,(H2,17,18,19);1H. The van der Waals surface area contributed by atoms with Gasteiger partial charge in [0.15, 0.2) is 5.96 Å². The lowest BCUT2D eigenvalue weighted by atomic mass is 10.1. The summed E-state index contributed by atoms with van der Waals surface area (Å²) in [6.07, 6.45) is 2.15. The number of rotatable bonds is 8. The normalized spacial score (nSPS) is 15.0. The third-order valence-electron chi connectivity index (χ3n) is 3.73. The Morgan fingerprint density at radius 3 is 3.09 bits per heavy atom. The van der Waals surface area contributed by atoms with Crippen molar-refractivity contribution in [1.82, 2.24) is 15.5 Å². The summed E-state index contributed by atoms with van der Waals surface area (Å²) in [5.41, 5.74) is 1.51. The second-order valence-electron chi connectivity index (χ2n) is 5.43. The molecule has 2 rings (SSSR count). The van der Waals surface area contributed by atoms with Crippen molar-refractivity contribution in [2.24, 2.45) is 4.99 Å². The van der Waals surface area contributed by atoms with Gasteiger partial charge in [-0.2, -0.15) is 0 Å². The first-order valence-electron chi connectivity index (χ1n) is 8.12. The molecule has 1 aliphatic rings. The Balaban J connectivity index is 0.00000264. The highest BCUT2D eigenvalue weighted by molar-refractivity contribution is 14.0. The molecule has 0 unspecified atom stereocenters. The number of hydrogen-bond donors (Lipinski definition) is 2. The van der Waals surface area contributed by atoms with E-state index in [4.69, 9.17) is 4.74 Å². The van der Waals surface area contributed by atoms with Crippen molar-refractivity contribution in [2.75, 3.05) is 46.4 Å². The summed E-state index contributed by atoms with van der Waals surface area (Å²) >= 11 is 1.89. The highest BCUT2D eigenvalue weighted by Gasteiger charge is 2.16. The van der Waals surface area contributed by atoms with E-state index in [0.29, 0.717) is 0 Å². The first-order chi connectivity index (χ1) is 10.8. The predicted molar refractivity (Wildman–Crippen MR) is 109 cm³/mol. The number of ether oxygens (including phenoxy) is 1. The Morgan fingerprint density at radius 1 is 1.43 bits per heavy atom. The highest BCUT2D eigenvalue weighted by atomic mass is 127. The molecule has 2 heterocycles. The Labute approximate surface area is 160 Å². The molecule has 0 radical (unpaired) electrons. The topological polar surface area (TPSA) is 48.9 Å². The van der Waals surface area contributed by atoms with Crippen LogP contribution < -0.4 is 10.6 Å². The molecule has 0 atom stereocenters. The summed E-state index contributed by atoms with van der Waals surface area (Å²) < 4.78 is 5.05. The molecule has 0 amide bonds. The van der Waals surface area contributed by atoms with Crippen molar-refractivity contribution in [3.63, 3.8) is 0 Å². The summed E-state index contributed by atoms with van der Waals surface area (Å²) in [5.74, 6) is 0.909. The van der Waals surface area contributed by atoms with Crippen molar-refractivity contribution in [3.8, 4) is 0 Å². The van der Waals surface area contributed by atoms with Crippen LogP contribution in [0.1, 0.15) is 23.8 Å². The van der Waals surface area contributed by atoms with Crippen LogP contribution in [0.2, 0.25) is 0 Å². The van der Waals surface area contributed by atoms with Gasteiger partial charge in [0.2, 0.25) is 0 Å². The quantitative estimate of drug-likeness (QED) is 0.275. The maximum atomic E-state index is 5.05. The lowest BCUT2D eigenvalue weighted by molar-refractivity contribution is 0.197. The largest absolute Gasteiger partial charge is 0.385 e. The van der Waals surface area contributed by atoms with Crippen molar-refractivity contribution < 1.29 is 4.74 Å². The van der Waals surface area contributed by atoms with Crippen molar-refractivity contribution in [2.45, 2.75) is 26.3 Å². The zero-order chi connectivity index (χ0) is 15.6. The summed E-state index contributed by atoms with van der Waals surface area (Å²) in [4.78, 5) is 8.64. The molecule has 7 heteroatoms. The molecule has 0 spiro atoms. The third kappa shape index (κ3) is 7.36. The summed E-state index contributed by atoms with van der Waals surface area (Å²) in [5, 5.41) is 8.92. The van der Waals surface area contributed by atoms with E-state index in [1.165, 1.54) is 12.0 Å². The zero-order valence-corrected chi connectivity index (χ0v) is 17.3. The Morgan fingerprint density at radius 2 is 2.30 bits per heavy atom. The lowest BCUT2D eigenvalue weighted by Gasteiger charge is -2.27. The lowest BCUT2D eigenvalue weighted by Crippen LogP contribution is -2.42. The number of fused-ring (bicyclic) bond motifs is 1. The molecule has 1 aromatic rings. The molecule has 23 heavy (non-hydrogen) atoms. The van der Waals surface area contributed by atoms with E-state index in [9.17, 15) is 0 Å². The smallest absolute Gasteiger partial charge is 0.191 e. The van der Waals surface area contributed by atoms with Crippen molar-refractivity contribution in [1.29, 1.82) is 0 Å². The zero-order valence-electron chi connectivity index (χ0n) is 14.1. The molecule has 5 nitrogen and oxygen atoms in total. The van der Waals surface area contributed by atoms with E-state index in [-0.39, 0.29) is 24.0 Å². The molecule has 0 bridgehead atoms. The Hall–Kier alpha value is -0.380. The van der Waals surface area contributed by atoms with Gasteiger partial charge in [-0.1, -0.05) is 0 Å². The summed E-state index contributed by atoms with van der Waals surface area (Å²) in [6.45, 7) is 8.77. The molecular formula is C16H29IN4OS. The fraction of sp³-hybridized carbons (Fsp3) is 0.688. The van der Waals surface area contributed by atoms with Crippen LogP contribution >= 0.6 is 35.3 Å². The minimum absolute atomic E-state index is 0. The molecule has 0 saturated heterocycles. The molecular weight excluding hydrogens is 423 g/mol. The van der Waals surface area contributed by atoms with Crippen LogP contribution in [0.3, 0.4) is 0 Å². The van der Waals surface area contributed by atoms with Crippen LogP contribution in [-0.4, -0.2) is 57.3 Å². The van der Waals surface area contributed by atoms with Gasteiger partial charge in [0, 0.05) is 57.9 Å². The van der Waals surface area contributed by atoms with Gasteiger partial charge in [0.25, 0.3) is 0 Å². The van der Waals surface area contributed by atoms with E-state index in [1.54, 1.807) is 12.0 Å².